The molecule has 0 unspecified atom stereocenters. The fourth-order valence-electron chi connectivity index (χ4n) is 0. The molecule has 0 aliphatic rings. The molecule has 1 nitrogen and oxygen atoms in total. The van der Waals surface area contributed by atoms with E-state index in [1.807, 2.05) is 0 Å². The van der Waals surface area contributed by atoms with Gasteiger partial charge in [0.1, 0.15) is 0 Å². The van der Waals surface area contributed by atoms with Gasteiger partial charge in [-0.05, 0) is 0 Å². The third kappa shape index (κ3) is 21.8. The van der Waals surface area contributed by atoms with Crippen LogP contribution in [0.4, 0.5) is 0 Å². The molecule has 0 aromatic rings. The summed E-state index contributed by atoms with van der Waals surface area (Å²) in [6.07, 6.45) is 0. The molecule has 0 amide bonds. The zero-order chi connectivity index (χ0) is 2.71. The smallest absolute Gasteiger partial charge is 0.0832 e. The van der Waals surface area contributed by atoms with Gasteiger partial charge in [0, 0.05) is 55.1 Å². The molecule has 0 fully saturated rings. The van der Waals surface area contributed by atoms with E-state index in [1.165, 1.54) is 0 Å². The van der Waals surface area contributed by atoms with Crippen molar-refractivity contribution < 1.29 is 3.84 Å². The molecule has 0 saturated heterocycles. The molecule has 0 aromatic carbocycles. The number of rotatable bonds is 0. The first kappa shape index (κ1) is 15.7. The Labute approximate surface area is 81.4 Å². The van der Waals surface area contributed by atoms with Crippen molar-refractivity contribution in [3.63, 3.8) is 0 Å². The first-order chi connectivity index (χ1) is 1.41. The van der Waals surface area contributed by atoms with Gasteiger partial charge in [0.25, 0.3) is 0 Å². The van der Waals surface area contributed by atoms with Crippen LogP contribution in [0, 0.1) is 0 Å². The van der Waals surface area contributed by atoms with Crippen LogP contribution < -0.4 is 0 Å². The van der Waals surface area contributed by atoms with E-state index in [9.17, 15) is 0 Å². The van der Waals surface area contributed by atoms with Crippen molar-refractivity contribution in [3.05, 3.63) is 0 Å². The van der Waals surface area contributed by atoms with Crippen molar-refractivity contribution in [2.24, 2.45) is 0 Å². The fourth-order valence-corrected chi connectivity index (χ4v) is 0. The minimum absolute atomic E-state index is 0. The molecule has 5 heteroatoms. The Bertz CT molecular complexity index is 9.61. The van der Waals surface area contributed by atoms with Crippen LogP contribution >= 0.6 is 23.7 Å². The zero-order valence-electron chi connectivity index (χ0n) is 2.45. The molecular formula is AlCaCl2O. The molecule has 0 heterocycles. The molecule has 0 rings (SSSR count). The average molecular weight is 154 g/mol. The van der Waals surface area contributed by atoms with E-state index in [0.29, 0.717) is 0 Å². The summed E-state index contributed by atoms with van der Waals surface area (Å²) in [6.45, 7) is 0. The van der Waals surface area contributed by atoms with Gasteiger partial charge >= 0.3 is 0 Å². The van der Waals surface area contributed by atoms with Crippen LogP contribution in [0.15, 0.2) is 0 Å². The van der Waals surface area contributed by atoms with Gasteiger partial charge in [-0.25, -0.2) is 0 Å². The van der Waals surface area contributed by atoms with Crippen LogP contribution in [0.1, 0.15) is 0 Å². The summed E-state index contributed by atoms with van der Waals surface area (Å²) in [5.41, 5.74) is 0. The molecule has 0 aliphatic carbocycles. The van der Waals surface area contributed by atoms with E-state index in [-0.39, 0.29) is 55.1 Å². The quantitative estimate of drug-likeness (QED) is 0.463. The van der Waals surface area contributed by atoms with E-state index < -0.39 is 0 Å². The summed E-state index contributed by atoms with van der Waals surface area (Å²) in [5, 5.41) is 0. The molecule has 0 N–H and O–H groups in total. The van der Waals surface area contributed by atoms with E-state index in [1.54, 1.807) is 0 Å². The zero-order valence-corrected chi connectivity index (χ0v) is 7.32. The minimum Gasteiger partial charge on any atom is -0.166 e. The van der Waals surface area contributed by atoms with Crippen molar-refractivity contribution in [1.82, 2.24) is 0 Å². The molecule has 5 radical (unpaired) electrons. The van der Waals surface area contributed by atoms with Gasteiger partial charge in [-0.15, -0.1) is 0 Å². The van der Waals surface area contributed by atoms with Gasteiger partial charge < -0.3 is 0 Å². The van der Waals surface area contributed by atoms with Crippen LogP contribution in [-0.4, -0.2) is 55.1 Å². The summed E-state index contributed by atoms with van der Waals surface area (Å²) in [5.74, 6) is 0. The summed E-state index contributed by atoms with van der Waals surface area (Å²) in [7, 11) is 0. The first-order valence-corrected chi connectivity index (χ1v) is 0.926. The molecule has 0 saturated carbocycles. The molecule has 5 heavy (non-hydrogen) atoms. The Morgan fingerprint density at radius 1 is 1.20 bits per heavy atom. The summed E-state index contributed by atoms with van der Waals surface area (Å²) < 4.78 is 3.19. The van der Waals surface area contributed by atoms with Gasteiger partial charge in [-0.3, -0.25) is 0 Å². The van der Waals surface area contributed by atoms with Crippen molar-refractivity contribution in [2.75, 3.05) is 0 Å². The number of hydrogen-bond donors (Lipinski definition) is 0. The average Bonchev–Trinajstić information content (AvgIpc) is 0.918. The van der Waals surface area contributed by atoms with Crippen LogP contribution in [0.3, 0.4) is 0 Å². The van der Waals surface area contributed by atoms with Gasteiger partial charge in [-0.1, -0.05) is 0 Å². The third-order valence-electron chi connectivity index (χ3n) is 0. The van der Waals surface area contributed by atoms with Crippen molar-refractivity contribution >= 4 is 78.8 Å². The minimum atomic E-state index is 0. The van der Waals surface area contributed by atoms with E-state index in [2.05, 4.69) is 27.6 Å². The maximum atomic E-state index is 4.26. The molecule has 0 bridgehead atoms. The number of hydrogen-bond acceptors (Lipinski definition) is 1. The third-order valence-corrected chi connectivity index (χ3v) is 0. The largest absolute Gasteiger partial charge is 0.166 e. The second-order valence-corrected chi connectivity index (χ2v) is 0.525. The van der Waals surface area contributed by atoms with E-state index in [4.69, 9.17) is 0 Å². The van der Waals surface area contributed by atoms with Gasteiger partial charge in [0.05, 0.1) is 23.7 Å². The summed E-state index contributed by atoms with van der Waals surface area (Å²) in [6, 6.07) is 0. The SMILES string of the molecule is ClOCl.[Al].[Ca]. The monoisotopic (exact) mass is 153 g/mol. The van der Waals surface area contributed by atoms with Crippen LogP contribution in [0.2, 0.25) is 0 Å². The molecule has 0 atom stereocenters. The fraction of sp³-hybridized carbons (Fsp3) is 0. The normalized spacial score (nSPS) is 3.60. The van der Waals surface area contributed by atoms with Crippen LogP contribution in [0.25, 0.3) is 0 Å². The van der Waals surface area contributed by atoms with Gasteiger partial charge in [0.15, 0.2) is 0 Å². The molecule has 0 aliphatic heterocycles. The number of halogens is 2. The molecular weight excluding hydrogens is 154 g/mol. The Morgan fingerprint density at radius 3 is 1.20 bits per heavy atom. The van der Waals surface area contributed by atoms with Crippen molar-refractivity contribution in [2.45, 2.75) is 0 Å². The Hall–Kier alpha value is 2.33. The van der Waals surface area contributed by atoms with E-state index >= 15 is 0 Å². The maximum Gasteiger partial charge on any atom is 0.0832 e. The summed E-state index contributed by atoms with van der Waals surface area (Å²) >= 11 is 8.53. The summed E-state index contributed by atoms with van der Waals surface area (Å²) in [4.78, 5) is 0. The standard InChI is InChI=1S/Al.Ca.Cl2O/c;;1-3-2. The molecule has 0 spiro atoms. The predicted molar refractivity (Wildman–Crippen MR) is 24.3 cm³/mol. The molecule has 0 aromatic heterocycles. The maximum absolute atomic E-state index is 4.26. The Kier molecular flexibility index (Phi) is 50.8. The second kappa shape index (κ2) is 16.2. The topological polar surface area (TPSA) is 9.23 Å². The van der Waals surface area contributed by atoms with Gasteiger partial charge in [-0.2, -0.15) is 3.84 Å². The molecule has 25 valence electrons. The Balaban J connectivity index is -0.0000000200. The van der Waals surface area contributed by atoms with Crippen LogP contribution in [-0.2, 0) is 3.84 Å². The first-order valence-electron chi connectivity index (χ1n) is 0.309. The van der Waals surface area contributed by atoms with E-state index in [0.717, 1.165) is 0 Å². The van der Waals surface area contributed by atoms with Crippen LogP contribution in [0.5, 0.6) is 0 Å². The Morgan fingerprint density at radius 2 is 1.20 bits per heavy atom. The predicted octanol–water partition coefficient (Wildman–Crippen LogP) is 0.549. The second-order valence-electron chi connectivity index (χ2n) is 0.0583. The van der Waals surface area contributed by atoms with Crippen molar-refractivity contribution in [3.8, 4) is 0 Å². The van der Waals surface area contributed by atoms with Gasteiger partial charge in [0.2, 0.25) is 0 Å². The van der Waals surface area contributed by atoms with Crippen molar-refractivity contribution in [1.29, 1.82) is 0 Å².